The molecule has 7 nitrogen and oxygen atoms in total. The Hall–Kier alpha value is -4.51. The van der Waals surface area contributed by atoms with Crippen molar-refractivity contribution in [2.24, 2.45) is 4.40 Å². The van der Waals surface area contributed by atoms with E-state index < -0.39 is 6.36 Å². The molecular formula is C28H22F3N5O2S. The Balaban J connectivity index is 1.27. The number of nitrogens with zero attached hydrogens (tertiary/aromatic N) is 3. The highest BCUT2D eigenvalue weighted by Crippen LogP contribution is 2.29. The molecule has 0 fully saturated rings. The monoisotopic (exact) mass is 549 g/mol. The molecule has 11 heteroatoms. The molecule has 5 rings (SSSR count). The van der Waals surface area contributed by atoms with Gasteiger partial charge in [0.2, 0.25) is 0 Å². The predicted octanol–water partition coefficient (Wildman–Crippen LogP) is 7.50. The lowest BCUT2D eigenvalue weighted by molar-refractivity contribution is -0.274. The summed E-state index contributed by atoms with van der Waals surface area (Å²) in [6.07, 6.45) is -1.46. The van der Waals surface area contributed by atoms with E-state index in [0.717, 1.165) is 56.3 Å². The number of ether oxygens (including phenoxy) is 1. The number of anilines is 1. The minimum absolute atomic E-state index is 0.286. The van der Waals surface area contributed by atoms with Crippen LogP contribution in [0.1, 0.15) is 16.7 Å². The standard InChI is InChI=1S/C28H22F3N5O2S/c1-17-4-3-5-18(2)25(17)34-27(37)35-39-33-15-19-6-12-23-20(14-19)7-13-24-26(23)32-16-36(24)21-8-10-22(11-9-21)38-28(29,30)31/h3-16H,1-2H3,(H2,34,35,37)/b33-15+. The van der Waals surface area contributed by atoms with Crippen LogP contribution in [0.2, 0.25) is 0 Å². The number of hydrogen-bond acceptors (Lipinski definition) is 5. The third-order valence-corrected chi connectivity index (χ3v) is 6.50. The van der Waals surface area contributed by atoms with Crippen molar-refractivity contribution in [3.05, 3.63) is 95.8 Å². The Labute approximate surface area is 226 Å². The van der Waals surface area contributed by atoms with Crippen LogP contribution in [0.4, 0.5) is 23.7 Å². The second-order valence-electron chi connectivity index (χ2n) is 8.72. The van der Waals surface area contributed by atoms with Crippen molar-refractivity contribution >= 4 is 51.9 Å². The van der Waals surface area contributed by atoms with Crippen molar-refractivity contribution in [1.29, 1.82) is 0 Å². The zero-order chi connectivity index (χ0) is 27.6. The minimum Gasteiger partial charge on any atom is -0.406 e. The van der Waals surface area contributed by atoms with E-state index in [1.165, 1.54) is 12.1 Å². The molecule has 39 heavy (non-hydrogen) atoms. The number of carbonyl (C=O) groups is 1. The number of halogens is 3. The Morgan fingerprint density at radius 1 is 1.03 bits per heavy atom. The van der Waals surface area contributed by atoms with Gasteiger partial charge in [0.25, 0.3) is 0 Å². The molecule has 1 aromatic heterocycles. The summed E-state index contributed by atoms with van der Waals surface area (Å²) in [5.74, 6) is -0.286. The smallest absolute Gasteiger partial charge is 0.406 e. The number of aromatic nitrogens is 2. The third-order valence-electron chi connectivity index (χ3n) is 6.02. The molecule has 0 atom stereocenters. The van der Waals surface area contributed by atoms with E-state index in [4.69, 9.17) is 0 Å². The third kappa shape index (κ3) is 5.99. The summed E-state index contributed by atoms with van der Waals surface area (Å²) in [4.78, 5) is 16.8. The number of rotatable bonds is 6. The van der Waals surface area contributed by atoms with Crippen LogP contribution in [0.5, 0.6) is 5.75 Å². The van der Waals surface area contributed by atoms with Gasteiger partial charge in [0, 0.05) is 23.0 Å². The summed E-state index contributed by atoms with van der Waals surface area (Å²) in [5.41, 5.74) is 5.78. The maximum atomic E-state index is 12.5. The highest BCUT2D eigenvalue weighted by Gasteiger charge is 2.31. The number of benzene rings is 4. The summed E-state index contributed by atoms with van der Waals surface area (Å²) in [6.45, 7) is 3.86. The maximum Gasteiger partial charge on any atom is 0.573 e. The molecule has 5 aromatic rings. The quantitative estimate of drug-likeness (QED) is 0.170. The number of para-hydroxylation sites is 1. The molecule has 0 aliphatic heterocycles. The van der Waals surface area contributed by atoms with Gasteiger partial charge in [0.1, 0.15) is 12.1 Å². The fraction of sp³-hybridized carbons (Fsp3) is 0.107. The Morgan fingerprint density at radius 3 is 2.49 bits per heavy atom. The van der Waals surface area contributed by atoms with Crippen LogP contribution in [0.3, 0.4) is 0 Å². The molecule has 0 spiro atoms. The van der Waals surface area contributed by atoms with E-state index in [1.807, 2.05) is 62.4 Å². The molecule has 0 unspecified atom stereocenters. The van der Waals surface area contributed by atoms with Gasteiger partial charge < -0.3 is 10.1 Å². The van der Waals surface area contributed by atoms with Gasteiger partial charge in [-0.25, -0.2) is 14.2 Å². The summed E-state index contributed by atoms with van der Waals surface area (Å²) in [7, 11) is 0. The average molecular weight is 550 g/mol. The lowest BCUT2D eigenvalue weighted by atomic mass is 10.1. The van der Waals surface area contributed by atoms with Gasteiger partial charge in [-0.2, -0.15) is 0 Å². The van der Waals surface area contributed by atoms with Crippen LogP contribution in [0, 0.1) is 13.8 Å². The van der Waals surface area contributed by atoms with Gasteiger partial charge in [0.15, 0.2) is 0 Å². The van der Waals surface area contributed by atoms with Crippen LogP contribution < -0.4 is 14.8 Å². The van der Waals surface area contributed by atoms with Crippen molar-refractivity contribution in [2.45, 2.75) is 20.2 Å². The van der Waals surface area contributed by atoms with Crippen molar-refractivity contribution in [3.8, 4) is 11.4 Å². The zero-order valence-electron chi connectivity index (χ0n) is 20.8. The first-order chi connectivity index (χ1) is 18.7. The molecule has 0 saturated carbocycles. The molecule has 0 saturated heterocycles. The van der Waals surface area contributed by atoms with Crippen LogP contribution in [-0.4, -0.2) is 28.2 Å². The normalized spacial score (nSPS) is 11.8. The Bertz CT molecular complexity index is 1680. The first-order valence-electron chi connectivity index (χ1n) is 11.8. The van der Waals surface area contributed by atoms with Crippen molar-refractivity contribution in [3.63, 3.8) is 0 Å². The van der Waals surface area contributed by atoms with Crippen LogP contribution >= 0.6 is 12.1 Å². The number of carbonyl (C=O) groups excluding carboxylic acids is 1. The zero-order valence-corrected chi connectivity index (χ0v) is 21.6. The first-order valence-corrected chi connectivity index (χ1v) is 12.5. The molecule has 4 aromatic carbocycles. The highest BCUT2D eigenvalue weighted by atomic mass is 32.2. The van der Waals surface area contributed by atoms with Crippen molar-refractivity contribution in [2.75, 3.05) is 5.32 Å². The van der Waals surface area contributed by atoms with E-state index in [1.54, 1.807) is 29.2 Å². The maximum absolute atomic E-state index is 12.5. The van der Waals surface area contributed by atoms with Gasteiger partial charge in [-0.1, -0.05) is 36.4 Å². The molecule has 1 heterocycles. The number of urea groups is 1. The van der Waals surface area contributed by atoms with Crippen LogP contribution in [-0.2, 0) is 0 Å². The number of alkyl halides is 3. The van der Waals surface area contributed by atoms with Gasteiger partial charge in [0.05, 0.1) is 23.2 Å². The van der Waals surface area contributed by atoms with Gasteiger partial charge in [-0.15, -0.1) is 13.2 Å². The molecular weight excluding hydrogens is 527 g/mol. The highest BCUT2D eigenvalue weighted by molar-refractivity contribution is 7.96. The van der Waals surface area contributed by atoms with Crippen molar-refractivity contribution in [1.82, 2.24) is 14.3 Å². The lowest BCUT2D eigenvalue weighted by Gasteiger charge is -2.10. The van der Waals surface area contributed by atoms with Gasteiger partial charge >= 0.3 is 12.4 Å². The molecule has 0 bridgehead atoms. The molecule has 0 aliphatic carbocycles. The first kappa shape index (κ1) is 26.1. The minimum atomic E-state index is -4.74. The number of hydrogen-bond donors (Lipinski definition) is 2. The van der Waals surface area contributed by atoms with E-state index >= 15 is 0 Å². The SMILES string of the molecule is Cc1cccc(C)c1NC(=O)NS/N=C/c1ccc2c(ccc3c2ncn3-c2ccc(OC(F)(F)F)cc2)c1. The summed E-state index contributed by atoms with van der Waals surface area (Å²) < 4.78 is 50.0. The number of amides is 2. The van der Waals surface area contributed by atoms with Crippen molar-refractivity contribution < 1.29 is 22.7 Å². The average Bonchev–Trinajstić information content (AvgIpc) is 3.33. The Kier molecular flexibility index (Phi) is 7.16. The van der Waals surface area contributed by atoms with E-state index in [2.05, 4.69) is 24.2 Å². The van der Waals surface area contributed by atoms with Crippen LogP contribution in [0.25, 0.3) is 27.5 Å². The summed E-state index contributed by atoms with van der Waals surface area (Å²) in [5, 5.41) is 4.70. The van der Waals surface area contributed by atoms with E-state index in [9.17, 15) is 18.0 Å². The molecule has 2 amide bonds. The number of nitrogens with one attached hydrogen (secondary N) is 2. The summed E-state index contributed by atoms with van der Waals surface area (Å²) >= 11 is 0.920. The summed E-state index contributed by atoms with van der Waals surface area (Å²) in [6, 6.07) is 20.7. The fourth-order valence-corrected chi connectivity index (χ4v) is 4.59. The van der Waals surface area contributed by atoms with Gasteiger partial charge in [-0.05, 0) is 72.3 Å². The molecule has 0 radical (unpaired) electrons. The predicted molar refractivity (Wildman–Crippen MR) is 149 cm³/mol. The molecule has 2 N–H and O–H groups in total. The molecule has 0 aliphatic rings. The van der Waals surface area contributed by atoms with E-state index in [0.29, 0.717) is 5.69 Å². The second kappa shape index (κ2) is 10.7. The topological polar surface area (TPSA) is 80.5 Å². The number of aryl methyl sites for hydroxylation is 2. The van der Waals surface area contributed by atoms with E-state index in [-0.39, 0.29) is 11.8 Å². The van der Waals surface area contributed by atoms with Crippen LogP contribution in [0.15, 0.2) is 83.5 Å². The Morgan fingerprint density at radius 2 is 1.77 bits per heavy atom. The number of imidazole rings is 1. The van der Waals surface area contributed by atoms with Gasteiger partial charge in [-0.3, -0.25) is 9.29 Å². The molecule has 198 valence electrons. The lowest BCUT2D eigenvalue weighted by Crippen LogP contribution is -2.23. The fourth-order valence-electron chi connectivity index (χ4n) is 4.23. The number of fused-ring (bicyclic) bond motifs is 3. The largest absolute Gasteiger partial charge is 0.573 e. The second-order valence-corrected chi connectivity index (χ2v) is 9.32.